The largest absolute Gasteiger partial charge is 0.505 e. The lowest BCUT2D eigenvalue weighted by Crippen LogP contribution is -2.23. The Morgan fingerprint density at radius 1 is 1.27 bits per heavy atom. The minimum absolute atomic E-state index is 0.242. The molecule has 0 fully saturated rings. The number of alkyl halides is 3. The van der Waals surface area contributed by atoms with E-state index in [2.05, 4.69) is 21.0 Å². The van der Waals surface area contributed by atoms with E-state index in [9.17, 15) is 27.9 Å². The Morgan fingerprint density at radius 2 is 1.91 bits per heavy atom. The van der Waals surface area contributed by atoms with Crippen LogP contribution in [0.15, 0.2) is 33.5 Å². The van der Waals surface area contributed by atoms with E-state index in [1.54, 1.807) is 0 Å². The Kier molecular flexibility index (Phi) is 3.96. The molecule has 1 aromatic heterocycles. The van der Waals surface area contributed by atoms with Crippen molar-refractivity contribution in [2.24, 2.45) is 0 Å². The monoisotopic (exact) mass is 378 g/mol. The third-order valence-corrected chi connectivity index (χ3v) is 3.31. The lowest BCUT2D eigenvalue weighted by Gasteiger charge is -2.12. The van der Waals surface area contributed by atoms with Crippen LogP contribution in [-0.4, -0.2) is 26.0 Å². The predicted molar refractivity (Wildman–Crippen MR) is 71.2 cm³/mol. The first-order valence-electron chi connectivity index (χ1n) is 5.55. The van der Waals surface area contributed by atoms with Gasteiger partial charge in [0.05, 0.1) is 11.3 Å². The highest BCUT2D eigenvalue weighted by molar-refractivity contribution is 9.10. The molecule has 2 rings (SSSR count). The highest BCUT2D eigenvalue weighted by Crippen LogP contribution is 2.35. The van der Waals surface area contributed by atoms with Gasteiger partial charge in [0.1, 0.15) is 0 Å². The number of carboxylic acid groups (broad SMARTS) is 1. The average Bonchev–Trinajstić information content (AvgIpc) is 2.38. The fourth-order valence-corrected chi connectivity index (χ4v) is 2.12. The van der Waals surface area contributed by atoms with Crippen molar-refractivity contribution < 1.29 is 28.2 Å². The van der Waals surface area contributed by atoms with Gasteiger partial charge in [-0.05, 0) is 18.2 Å². The van der Waals surface area contributed by atoms with Crippen molar-refractivity contribution in [1.82, 2.24) is 9.78 Å². The molecule has 0 aliphatic rings. The number of nitrogens with zero attached hydrogens (tertiary/aromatic N) is 2. The molecule has 0 saturated carbocycles. The predicted octanol–water partition coefficient (Wildman–Crippen LogP) is 2.42. The molecule has 116 valence electrons. The summed E-state index contributed by atoms with van der Waals surface area (Å²) >= 11 is 2.74. The van der Waals surface area contributed by atoms with Gasteiger partial charge in [0.2, 0.25) is 5.69 Å². The van der Waals surface area contributed by atoms with Gasteiger partial charge < -0.3 is 10.2 Å². The van der Waals surface area contributed by atoms with E-state index in [0.717, 1.165) is 12.1 Å². The zero-order valence-corrected chi connectivity index (χ0v) is 12.0. The van der Waals surface area contributed by atoms with Gasteiger partial charge in [0.15, 0.2) is 5.75 Å². The summed E-state index contributed by atoms with van der Waals surface area (Å²) in [5.41, 5.74) is -3.17. The van der Waals surface area contributed by atoms with E-state index >= 15 is 0 Å². The van der Waals surface area contributed by atoms with Crippen molar-refractivity contribution in [3.05, 3.63) is 50.3 Å². The fourth-order valence-electron chi connectivity index (χ4n) is 1.65. The summed E-state index contributed by atoms with van der Waals surface area (Å²) in [6.45, 7) is 0. The zero-order chi connectivity index (χ0) is 16.7. The van der Waals surface area contributed by atoms with Crippen LogP contribution in [0.2, 0.25) is 0 Å². The van der Waals surface area contributed by atoms with Gasteiger partial charge in [0.25, 0.3) is 5.56 Å². The lowest BCUT2D eigenvalue weighted by atomic mass is 10.2. The van der Waals surface area contributed by atoms with Crippen molar-refractivity contribution in [2.75, 3.05) is 0 Å². The van der Waals surface area contributed by atoms with Crippen LogP contribution in [0.4, 0.5) is 13.2 Å². The van der Waals surface area contributed by atoms with Crippen molar-refractivity contribution in [3.8, 4) is 11.4 Å². The van der Waals surface area contributed by atoms with E-state index in [-0.39, 0.29) is 10.2 Å². The Balaban J connectivity index is 2.70. The first-order valence-corrected chi connectivity index (χ1v) is 6.34. The molecule has 0 atom stereocenters. The van der Waals surface area contributed by atoms with Crippen LogP contribution in [0.3, 0.4) is 0 Å². The number of hydrogen-bond donors (Lipinski definition) is 2. The van der Waals surface area contributed by atoms with Crippen LogP contribution in [0.25, 0.3) is 5.69 Å². The van der Waals surface area contributed by atoms with Gasteiger partial charge >= 0.3 is 12.1 Å². The second-order valence-electron chi connectivity index (χ2n) is 4.10. The SMILES string of the molecule is O=C(O)c1nn(-c2ccc(Br)c(C(F)(F)F)c2)c(=O)cc1O. The topological polar surface area (TPSA) is 92.4 Å². The molecule has 0 amide bonds. The number of benzene rings is 1. The molecule has 1 aromatic carbocycles. The first-order chi connectivity index (χ1) is 10.1. The van der Waals surface area contributed by atoms with E-state index in [0.29, 0.717) is 16.8 Å². The van der Waals surface area contributed by atoms with Crippen LogP contribution in [0.1, 0.15) is 16.1 Å². The van der Waals surface area contributed by atoms with E-state index in [4.69, 9.17) is 5.11 Å². The maximum absolute atomic E-state index is 12.8. The number of carbonyl (C=O) groups is 1. The van der Waals surface area contributed by atoms with Crippen LogP contribution < -0.4 is 5.56 Å². The molecule has 0 radical (unpaired) electrons. The summed E-state index contributed by atoms with van der Waals surface area (Å²) in [5, 5.41) is 21.5. The molecule has 1 heterocycles. The average molecular weight is 379 g/mol. The minimum Gasteiger partial charge on any atom is -0.505 e. The minimum atomic E-state index is -4.68. The van der Waals surface area contributed by atoms with Gasteiger partial charge in [-0.15, -0.1) is 0 Å². The maximum atomic E-state index is 12.8. The van der Waals surface area contributed by atoms with Crippen LogP contribution in [-0.2, 0) is 6.18 Å². The number of aromatic carboxylic acids is 1. The van der Waals surface area contributed by atoms with Gasteiger partial charge in [-0.1, -0.05) is 15.9 Å². The highest BCUT2D eigenvalue weighted by Gasteiger charge is 2.33. The second kappa shape index (κ2) is 5.44. The molecular formula is C12H6BrF3N2O4. The summed E-state index contributed by atoms with van der Waals surface area (Å²) < 4.78 is 38.8. The van der Waals surface area contributed by atoms with Gasteiger partial charge in [0, 0.05) is 10.5 Å². The standard InChI is InChI=1S/C12H6BrF3N2O4/c13-7-2-1-5(3-6(7)12(14,15)16)18-9(20)4-8(19)10(17-18)11(21)22/h1-4,19H,(H,21,22). The van der Waals surface area contributed by atoms with Crippen molar-refractivity contribution >= 4 is 21.9 Å². The van der Waals surface area contributed by atoms with Gasteiger partial charge in [-0.25, -0.2) is 4.79 Å². The fraction of sp³-hybridized carbons (Fsp3) is 0.0833. The Labute approximate surface area is 128 Å². The summed E-state index contributed by atoms with van der Waals surface area (Å²) in [4.78, 5) is 22.6. The summed E-state index contributed by atoms with van der Waals surface area (Å²) in [6, 6.07) is 3.41. The van der Waals surface area contributed by atoms with Crippen molar-refractivity contribution in [1.29, 1.82) is 0 Å². The zero-order valence-electron chi connectivity index (χ0n) is 10.4. The van der Waals surface area contributed by atoms with Crippen LogP contribution in [0.5, 0.6) is 5.75 Å². The molecule has 10 heteroatoms. The smallest absolute Gasteiger partial charge is 0.417 e. The van der Waals surface area contributed by atoms with Crippen LogP contribution in [0, 0.1) is 0 Å². The second-order valence-corrected chi connectivity index (χ2v) is 4.95. The molecule has 0 saturated heterocycles. The molecule has 2 aromatic rings. The normalized spacial score (nSPS) is 11.5. The number of hydrogen-bond acceptors (Lipinski definition) is 4. The number of carboxylic acids is 1. The number of aromatic hydroxyl groups is 1. The molecule has 0 spiro atoms. The third-order valence-electron chi connectivity index (χ3n) is 2.61. The number of rotatable bonds is 2. The molecule has 0 aliphatic carbocycles. The maximum Gasteiger partial charge on any atom is 0.417 e. The van der Waals surface area contributed by atoms with E-state index in [1.165, 1.54) is 0 Å². The Bertz CT molecular complexity index is 817. The van der Waals surface area contributed by atoms with Crippen molar-refractivity contribution in [2.45, 2.75) is 6.18 Å². The van der Waals surface area contributed by atoms with E-state index in [1.807, 2.05) is 0 Å². The summed E-state index contributed by atoms with van der Waals surface area (Å²) in [6.07, 6.45) is -4.68. The lowest BCUT2D eigenvalue weighted by molar-refractivity contribution is -0.138. The van der Waals surface area contributed by atoms with E-state index < -0.39 is 34.7 Å². The Morgan fingerprint density at radius 3 is 2.45 bits per heavy atom. The van der Waals surface area contributed by atoms with Crippen molar-refractivity contribution in [3.63, 3.8) is 0 Å². The van der Waals surface area contributed by atoms with Crippen LogP contribution >= 0.6 is 15.9 Å². The Hall–Kier alpha value is -2.36. The number of aromatic nitrogens is 2. The van der Waals surface area contributed by atoms with Gasteiger partial charge in [-0.3, -0.25) is 4.79 Å². The summed E-state index contributed by atoms with van der Waals surface area (Å²) in [5.74, 6) is -2.50. The molecule has 0 aliphatic heterocycles. The highest BCUT2D eigenvalue weighted by atomic mass is 79.9. The molecule has 0 bridgehead atoms. The quantitative estimate of drug-likeness (QED) is 0.836. The molecule has 22 heavy (non-hydrogen) atoms. The third kappa shape index (κ3) is 2.96. The molecule has 2 N–H and O–H groups in total. The summed E-state index contributed by atoms with van der Waals surface area (Å²) in [7, 11) is 0. The first kappa shape index (κ1) is 16.0. The molecule has 0 unspecified atom stereocenters. The number of halogens is 4. The molecular weight excluding hydrogens is 373 g/mol. The molecule has 6 nitrogen and oxygen atoms in total. The van der Waals surface area contributed by atoms with Gasteiger partial charge in [-0.2, -0.15) is 23.0 Å².